The summed E-state index contributed by atoms with van der Waals surface area (Å²) in [4.78, 5) is 18.2. The van der Waals surface area contributed by atoms with E-state index in [0.717, 1.165) is 38.8 Å². The molecule has 0 radical (unpaired) electrons. The van der Waals surface area contributed by atoms with Crippen LogP contribution in [0.1, 0.15) is 27.9 Å². The molecule has 0 aliphatic carbocycles. The van der Waals surface area contributed by atoms with Gasteiger partial charge in [0.2, 0.25) is 5.91 Å². The van der Waals surface area contributed by atoms with Gasteiger partial charge in [-0.1, -0.05) is 49.4 Å². The Balaban J connectivity index is 1.73. The second-order valence-electron chi connectivity index (χ2n) is 6.10. The Morgan fingerprint density at radius 1 is 1.08 bits per heavy atom. The fourth-order valence-electron chi connectivity index (χ4n) is 2.74. The highest BCUT2D eigenvalue weighted by Gasteiger charge is 2.13. The average molecular weight is 350 g/mol. The third kappa shape index (κ3) is 4.15. The lowest BCUT2D eigenvalue weighted by Crippen LogP contribution is -2.14. The van der Waals surface area contributed by atoms with Gasteiger partial charge in [0.05, 0.1) is 12.1 Å². The minimum Gasteiger partial charge on any atom is -0.325 e. The van der Waals surface area contributed by atoms with Crippen LogP contribution in [0.15, 0.2) is 48.5 Å². The standard InChI is InChI=1S/C21H22N2OS/c1-4-16-9-11-17(12-10-16)21-15(3)25-20(23-21)13-19(24)22-18-8-6-5-7-14(18)2/h5-12H,4,13H2,1-3H3,(H,22,24). The Morgan fingerprint density at radius 3 is 2.48 bits per heavy atom. The second-order valence-corrected chi connectivity index (χ2v) is 7.39. The molecule has 0 fully saturated rings. The molecule has 0 saturated heterocycles. The number of benzene rings is 2. The number of aryl methyl sites for hydroxylation is 3. The van der Waals surface area contributed by atoms with Crippen LogP contribution in [0.5, 0.6) is 0 Å². The molecule has 0 aliphatic rings. The number of para-hydroxylation sites is 1. The van der Waals surface area contributed by atoms with Gasteiger partial charge in [-0.25, -0.2) is 4.98 Å². The van der Waals surface area contributed by atoms with Gasteiger partial charge in [0, 0.05) is 16.1 Å². The Kier molecular flexibility index (Phi) is 5.29. The van der Waals surface area contributed by atoms with Crippen LogP contribution < -0.4 is 5.32 Å². The summed E-state index contributed by atoms with van der Waals surface area (Å²) in [5.41, 5.74) is 5.32. The van der Waals surface area contributed by atoms with Crippen molar-refractivity contribution in [2.24, 2.45) is 0 Å². The molecule has 0 unspecified atom stereocenters. The van der Waals surface area contributed by atoms with Crippen molar-refractivity contribution in [3.05, 3.63) is 69.5 Å². The second kappa shape index (κ2) is 7.62. The van der Waals surface area contributed by atoms with Gasteiger partial charge in [0.25, 0.3) is 0 Å². The van der Waals surface area contributed by atoms with E-state index >= 15 is 0 Å². The van der Waals surface area contributed by atoms with Crippen molar-refractivity contribution in [1.82, 2.24) is 4.98 Å². The maximum absolute atomic E-state index is 12.3. The van der Waals surface area contributed by atoms with Gasteiger partial charge in [-0.2, -0.15) is 0 Å². The van der Waals surface area contributed by atoms with E-state index in [1.54, 1.807) is 11.3 Å². The molecule has 1 N–H and O–H groups in total. The average Bonchev–Trinajstić information content (AvgIpc) is 2.97. The normalized spacial score (nSPS) is 10.7. The van der Waals surface area contributed by atoms with E-state index in [2.05, 4.69) is 43.4 Å². The van der Waals surface area contributed by atoms with Gasteiger partial charge in [0.1, 0.15) is 5.01 Å². The molecule has 3 aromatic rings. The molecule has 25 heavy (non-hydrogen) atoms. The van der Waals surface area contributed by atoms with E-state index < -0.39 is 0 Å². The van der Waals surface area contributed by atoms with Crippen molar-refractivity contribution < 1.29 is 4.79 Å². The number of amides is 1. The van der Waals surface area contributed by atoms with Gasteiger partial charge in [0.15, 0.2) is 0 Å². The van der Waals surface area contributed by atoms with E-state index in [4.69, 9.17) is 4.98 Å². The molecule has 1 heterocycles. The van der Waals surface area contributed by atoms with E-state index in [1.807, 2.05) is 31.2 Å². The Bertz CT molecular complexity index is 881. The highest BCUT2D eigenvalue weighted by atomic mass is 32.1. The number of carbonyl (C=O) groups is 1. The number of rotatable bonds is 5. The fraction of sp³-hybridized carbons (Fsp3) is 0.238. The highest BCUT2D eigenvalue weighted by molar-refractivity contribution is 7.12. The summed E-state index contributed by atoms with van der Waals surface area (Å²) in [6, 6.07) is 16.3. The van der Waals surface area contributed by atoms with Crippen molar-refractivity contribution in [3.63, 3.8) is 0 Å². The molecule has 0 saturated carbocycles. The Morgan fingerprint density at radius 2 is 1.80 bits per heavy atom. The molecule has 0 bridgehead atoms. The molecule has 0 aliphatic heterocycles. The van der Waals surface area contributed by atoms with E-state index in [1.165, 1.54) is 5.56 Å². The summed E-state index contributed by atoms with van der Waals surface area (Å²) in [5, 5.41) is 3.82. The van der Waals surface area contributed by atoms with Crippen LogP contribution in [0.4, 0.5) is 5.69 Å². The summed E-state index contributed by atoms with van der Waals surface area (Å²) in [7, 11) is 0. The summed E-state index contributed by atoms with van der Waals surface area (Å²) >= 11 is 1.59. The van der Waals surface area contributed by atoms with Gasteiger partial charge in [-0.3, -0.25) is 4.79 Å². The van der Waals surface area contributed by atoms with Crippen molar-refractivity contribution >= 4 is 22.9 Å². The molecular weight excluding hydrogens is 328 g/mol. The quantitative estimate of drug-likeness (QED) is 0.690. The Labute approximate surface area is 152 Å². The van der Waals surface area contributed by atoms with Crippen LogP contribution in [0.25, 0.3) is 11.3 Å². The van der Waals surface area contributed by atoms with Gasteiger partial charge in [-0.05, 0) is 37.5 Å². The molecule has 2 aromatic carbocycles. The molecule has 128 valence electrons. The predicted molar refractivity (Wildman–Crippen MR) is 105 cm³/mol. The number of hydrogen-bond acceptors (Lipinski definition) is 3. The van der Waals surface area contributed by atoms with Gasteiger partial charge < -0.3 is 5.32 Å². The van der Waals surface area contributed by atoms with Crippen LogP contribution in [0.2, 0.25) is 0 Å². The first-order valence-corrected chi connectivity index (χ1v) is 9.29. The number of hydrogen-bond donors (Lipinski definition) is 1. The van der Waals surface area contributed by atoms with Crippen LogP contribution in [0.3, 0.4) is 0 Å². The van der Waals surface area contributed by atoms with Gasteiger partial charge in [-0.15, -0.1) is 11.3 Å². The lowest BCUT2D eigenvalue weighted by Gasteiger charge is -2.06. The number of aromatic nitrogens is 1. The van der Waals surface area contributed by atoms with E-state index in [0.29, 0.717) is 6.42 Å². The molecule has 3 nitrogen and oxygen atoms in total. The first kappa shape index (κ1) is 17.4. The summed E-state index contributed by atoms with van der Waals surface area (Å²) in [5.74, 6) is -0.0315. The number of thiazole rings is 1. The van der Waals surface area contributed by atoms with E-state index in [9.17, 15) is 4.79 Å². The van der Waals surface area contributed by atoms with Crippen molar-refractivity contribution in [3.8, 4) is 11.3 Å². The van der Waals surface area contributed by atoms with Crippen LogP contribution in [-0.2, 0) is 17.6 Å². The minimum absolute atomic E-state index is 0.0315. The third-order valence-electron chi connectivity index (χ3n) is 4.21. The third-order valence-corrected chi connectivity index (χ3v) is 5.18. The zero-order valence-electron chi connectivity index (χ0n) is 14.8. The lowest BCUT2D eigenvalue weighted by atomic mass is 10.1. The highest BCUT2D eigenvalue weighted by Crippen LogP contribution is 2.28. The number of carbonyl (C=O) groups excluding carboxylic acids is 1. The molecular formula is C21H22N2OS. The lowest BCUT2D eigenvalue weighted by molar-refractivity contribution is -0.115. The SMILES string of the molecule is CCc1ccc(-c2nc(CC(=O)Nc3ccccc3C)sc2C)cc1. The zero-order chi connectivity index (χ0) is 17.8. The molecule has 0 spiro atoms. The van der Waals surface area contributed by atoms with Crippen LogP contribution in [0, 0.1) is 13.8 Å². The molecule has 1 amide bonds. The minimum atomic E-state index is -0.0315. The summed E-state index contributed by atoms with van der Waals surface area (Å²) < 4.78 is 0. The van der Waals surface area contributed by atoms with Crippen LogP contribution >= 0.6 is 11.3 Å². The zero-order valence-corrected chi connectivity index (χ0v) is 15.6. The first-order chi connectivity index (χ1) is 12.1. The summed E-state index contributed by atoms with van der Waals surface area (Å²) in [6.07, 6.45) is 1.33. The van der Waals surface area contributed by atoms with E-state index in [-0.39, 0.29) is 5.91 Å². The largest absolute Gasteiger partial charge is 0.325 e. The number of anilines is 1. The Hall–Kier alpha value is -2.46. The topological polar surface area (TPSA) is 42.0 Å². The maximum Gasteiger partial charge on any atom is 0.231 e. The van der Waals surface area contributed by atoms with Crippen molar-refractivity contribution in [2.75, 3.05) is 5.32 Å². The van der Waals surface area contributed by atoms with Crippen molar-refractivity contribution in [1.29, 1.82) is 0 Å². The predicted octanol–water partition coefficient (Wildman–Crippen LogP) is 5.17. The first-order valence-electron chi connectivity index (χ1n) is 8.48. The number of nitrogens with zero attached hydrogens (tertiary/aromatic N) is 1. The molecule has 4 heteroatoms. The number of nitrogens with one attached hydrogen (secondary N) is 1. The monoisotopic (exact) mass is 350 g/mol. The summed E-state index contributed by atoms with van der Waals surface area (Å²) in [6.45, 7) is 6.19. The molecule has 0 atom stereocenters. The van der Waals surface area contributed by atoms with Crippen molar-refractivity contribution in [2.45, 2.75) is 33.6 Å². The van der Waals surface area contributed by atoms with Crippen LogP contribution in [-0.4, -0.2) is 10.9 Å². The maximum atomic E-state index is 12.3. The molecule has 3 rings (SSSR count). The smallest absolute Gasteiger partial charge is 0.231 e. The molecule has 1 aromatic heterocycles. The fourth-order valence-corrected chi connectivity index (χ4v) is 3.69. The van der Waals surface area contributed by atoms with Gasteiger partial charge >= 0.3 is 0 Å².